The molecule has 0 unspecified atom stereocenters. The van der Waals surface area contributed by atoms with Gasteiger partial charge in [0.25, 0.3) is 5.78 Å². The fourth-order valence-corrected chi connectivity index (χ4v) is 2.57. The molecule has 0 aliphatic carbocycles. The van der Waals surface area contributed by atoms with E-state index in [1.807, 2.05) is 17.9 Å². The Balaban J connectivity index is 1.82. The second-order valence-electron chi connectivity index (χ2n) is 6.00. The molecular formula is C15H22N6O2. The first kappa shape index (κ1) is 15.7. The molecule has 1 amide bonds. The van der Waals surface area contributed by atoms with Crippen molar-refractivity contribution in [1.82, 2.24) is 24.5 Å². The van der Waals surface area contributed by atoms with Gasteiger partial charge in [0.2, 0.25) is 5.91 Å². The molecule has 8 nitrogen and oxygen atoms in total. The minimum Gasteiger partial charge on any atom is -0.378 e. The Kier molecular flexibility index (Phi) is 4.42. The molecule has 2 aromatic rings. The summed E-state index contributed by atoms with van der Waals surface area (Å²) in [5.41, 5.74) is 0.916. The highest BCUT2D eigenvalue weighted by atomic mass is 16.5. The first-order valence-corrected chi connectivity index (χ1v) is 7.90. The van der Waals surface area contributed by atoms with Crippen molar-refractivity contribution >= 4 is 17.5 Å². The van der Waals surface area contributed by atoms with Crippen molar-refractivity contribution in [2.75, 3.05) is 31.6 Å². The number of carbonyl (C=O) groups is 1. The normalized spacial score (nSPS) is 16.8. The van der Waals surface area contributed by atoms with E-state index in [0.29, 0.717) is 32.1 Å². The van der Waals surface area contributed by atoms with E-state index >= 15 is 0 Å². The minimum absolute atomic E-state index is 0.0597. The van der Waals surface area contributed by atoms with Crippen LogP contribution in [0.4, 0.5) is 5.82 Å². The largest absolute Gasteiger partial charge is 0.378 e. The van der Waals surface area contributed by atoms with Crippen LogP contribution >= 0.6 is 0 Å². The topological polar surface area (TPSA) is 84.7 Å². The number of morpholine rings is 1. The van der Waals surface area contributed by atoms with Gasteiger partial charge in [0, 0.05) is 19.2 Å². The average Bonchev–Trinajstić information content (AvgIpc) is 3.03. The molecule has 0 aromatic carbocycles. The van der Waals surface area contributed by atoms with Crippen LogP contribution in [0.2, 0.25) is 0 Å². The molecule has 1 aliphatic rings. The summed E-state index contributed by atoms with van der Waals surface area (Å²) in [4.78, 5) is 23.0. The van der Waals surface area contributed by atoms with Crippen LogP contribution in [-0.4, -0.2) is 62.7 Å². The third-order valence-corrected chi connectivity index (χ3v) is 3.92. The van der Waals surface area contributed by atoms with Crippen LogP contribution in [-0.2, 0) is 9.53 Å². The van der Waals surface area contributed by atoms with E-state index in [9.17, 15) is 4.79 Å². The molecule has 1 aliphatic heterocycles. The van der Waals surface area contributed by atoms with Crippen LogP contribution in [0.15, 0.2) is 12.4 Å². The molecule has 1 saturated heterocycles. The smallest absolute Gasteiger partial charge is 0.254 e. The van der Waals surface area contributed by atoms with Crippen LogP contribution in [0.3, 0.4) is 0 Å². The lowest BCUT2D eigenvalue weighted by Gasteiger charge is -2.29. The molecule has 3 rings (SSSR count). The maximum absolute atomic E-state index is 12.5. The summed E-state index contributed by atoms with van der Waals surface area (Å²) >= 11 is 0. The number of hydrogen-bond acceptors (Lipinski definition) is 6. The van der Waals surface area contributed by atoms with Gasteiger partial charge in [-0.1, -0.05) is 13.8 Å². The molecular weight excluding hydrogens is 296 g/mol. The zero-order valence-corrected chi connectivity index (χ0v) is 13.7. The number of rotatable bonds is 4. The fraction of sp³-hybridized carbons (Fsp3) is 0.600. The molecule has 0 bridgehead atoms. The van der Waals surface area contributed by atoms with E-state index in [4.69, 9.17) is 4.74 Å². The number of amides is 1. The van der Waals surface area contributed by atoms with Crippen molar-refractivity contribution in [3.05, 3.63) is 18.1 Å². The summed E-state index contributed by atoms with van der Waals surface area (Å²) in [5, 5.41) is 7.43. The summed E-state index contributed by atoms with van der Waals surface area (Å²) in [6.45, 7) is 8.46. The van der Waals surface area contributed by atoms with Gasteiger partial charge in [-0.15, -0.1) is 0 Å². The second-order valence-corrected chi connectivity index (χ2v) is 6.00. The standard InChI is InChI=1S/C15H22N6O2/c1-10(2)12-8-13(21-15(19-12)16-9-17-21)18-11(3)14(22)20-4-6-23-7-5-20/h8-11,18H,4-7H2,1-3H3/t11-/m0/s1. The maximum Gasteiger partial charge on any atom is 0.254 e. The minimum atomic E-state index is -0.358. The third kappa shape index (κ3) is 3.26. The third-order valence-electron chi connectivity index (χ3n) is 3.92. The van der Waals surface area contributed by atoms with E-state index < -0.39 is 0 Å². The Bertz CT molecular complexity index is 692. The van der Waals surface area contributed by atoms with Gasteiger partial charge in [0.15, 0.2) is 0 Å². The first-order chi connectivity index (χ1) is 11.1. The van der Waals surface area contributed by atoms with Gasteiger partial charge in [0.1, 0.15) is 18.2 Å². The molecule has 3 heterocycles. The van der Waals surface area contributed by atoms with E-state index in [2.05, 4.69) is 34.2 Å². The lowest BCUT2D eigenvalue weighted by atomic mass is 10.1. The van der Waals surface area contributed by atoms with Crippen molar-refractivity contribution in [3.63, 3.8) is 0 Å². The number of hydrogen-bond donors (Lipinski definition) is 1. The van der Waals surface area contributed by atoms with Crippen LogP contribution in [0, 0.1) is 0 Å². The van der Waals surface area contributed by atoms with Crippen LogP contribution in [0.25, 0.3) is 5.78 Å². The maximum atomic E-state index is 12.5. The van der Waals surface area contributed by atoms with E-state index in [-0.39, 0.29) is 17.9 Å². The highest BCUT2D eigenvalue weighted by Crippen LogP contribution is 2.18. The summed E-state index contributed by atoms with van der Waals surface area (Å²) < 4.78 is 6.91. The van der Waals surface area contributed by atoms with E-state index in [0.717, 1.165) is 11.5 Å². The molecule has 124 valence electrons. The molecule has 0 spiro atoms. The zero-order valence-electron chi connectivity index (χ0n) is 13.7. The Hall–Kier alpha value is -2.22. The van der Waals surface area contributed by atoms with Crippen molar-refractivity contribution in [2.24, 2.45) is 0 Å². The zero-order chi connectivity index (χ0) is 16.4. The number of aromatic nitrogens is 4. The van der Waals surface area contributed by atoms with Gasteiger partial charge >= 0.3 is 0 Å². The number of carbonyl (C=O) groups excluding carboxylic acids is 1. The van der Waals surface area contributed by atoms with Crippen LogP contribution in [0.5, 0.6) is 0 Å². The van der Waals surface area contributed by atoms with Gasteiger partial charge in [-0.05, 0) is 12.8 Å². The Labute approximate surface area is 134 Å². The Morgan fingerprint density at radius 2 is 2.04 bits per heavy atom. The van der Waals surface area contributed by atoms with Crippen molar-refractivity contribution in [3.8, 4) is 0 Å². The number of ether oxygens (including phenoxy) is 1. The summed E-state index contributed by atoms with van der Waals surface area (Å²) in [6.07, 6.45) is 1.46. The predicted molar refractivity (Wildman–Crippen MR) is 85.4 cm³/mol. The molecule has 1 atom stereocenters. The first-order valence-electron chi connectivity index (χ1n) is 7.90. The number of nitrogens with one attached hydrogen (secondary N) is 1. The van der Waals surface area contributed by atoms with Gasteiger partial charge in [-0.2, -0.15) is 14.6 Å². The average molecular weight is 318 g/mol. The van der Waals surface area contributed by atoms with E-state index in [1.165, 1.54) is 6.33 Å². The molecule has 1 N–H and O–H groups in total. The van der Waals surface area contributed by atoms with Crippen molar-refractivity contribution in [2.45, 2.75) is 32.7 Å². The molecule has 8 heteroatoms. The van der Waals surface area contributed by atoms with Gasteiger partial charge in [-0.3, -0.25) is 4.79 Å². The number of anilines is 1. The lowest BCUT2D eigenvalue weighted by molar-refractivity contribution is -0.135. The second kappa shape index (κ2) is 6.49. The molecule has 23 heavy (non-hydrogen) atoms. The van der Waals surface area contributed by atoms with Crippen molar-refractivity contribution < 1.29 is 9.53 Å². The monoisotopic (exact) mass is 318 g/mol. The summed E-state index contributed by atoms with van der Waals surface area (Å²) in [6, 6.07) is 1.57. The molecule has 0 radical (unpaired) electrons. The lowest BCUT2D eigenvalue weighted by Crippen LogP contribution is -2.47. The summed E-state index contributed by atoms with van der Waals surface area (Å²) in [5.74, 6) is 1.59. The van der Waals surface area contributed by atoms with Crippen LogP contribution in [0.1, 0.15) is 32.4 Å². The van der Waals surface area contributed by atoms with Crippen molar-refractivity contribution in [1.29, 1.82) is 0 Å². The Morgan fingerprint density at radius 1 is 1.30 bits per heavy atom. The van der Waals surface area contributed by atoms with E-state index in [1.54, 1.807) is 4.52 Å². The molecule has 2 aromatic heterocycles. The molecule has 0 saturated carbocycles. The summed E-state index contributed by atoms with van der Waals surface area (Å²) in [7, 11) is 0. The number of nitrogens with zero attached hydrogens (tertiary/aromatic N) is 5. The van der Waals surface area contributed by atoms with Gasteiger partial charge in [-0.25, -0.2) is 4.98 Å². The highest BCUT2D eigenvalue weighted by molar-refractivity contribution is 5.84. The number of fused-ring (bicyclic) bond motifs is 1. The molecule has 1 fully saturated rings. The van der Waals surface area contributed by atoms with Gasteiger partial charge in [0.05, 0.1) is 18.9 Å². The van der Waals surface area contributed by atoms with Crippen LogP contribution < -0.4 is 5.32 Å². The van der Waals surface area contributed by atoms with Gasteiger partial charge < -0.3 is 15.0 Å². The fourth-order valence-electron chi connectivity index (χ4n) is 2.57. The quantitative estimate of drug-likeness (QED) is 0.902. The SMILES string of the molecule is CC(C)c1cc(N[C@@H](C)C(=O)N2CCOCC2)n2ncnc2n1. The predicted octanol–water partition coefficient (Wildman–Crippen LogP) is 0.907. The highest BCUT2D eigenvalue weighted by Gasteiger charge is 2.23. The Morgan fingerprint density at radius 3 is 2.74 bits per heavy atom.